The summed E-state index contributed by atoms with van der Waals surface area (Å²) in [6, 6.07) is 3.72. The number of likely N-dealkylation sites (tertiary alicyclic amines) is 1. The number of nitrogens with two attached hydrogens (primary N) is 1. The van der Waals surface area contributed by atoms with Gasteiger partial charge in [-0.15, -0.1) is 0 Å². The molecule has 2 amide bonds. The van der Waals surface area contributed by atoms with Crippen molar-refractivity contribution in [3.8, 4) is 11.5 Å². The van der Waals surface area contributed by atoms with Crippen LogP contribution in [0.3, 0.4) is 0 Å². The number of piperidine rings is 1. The molecule has 0 unspecified atom stereocenters. The fraction of sp³-hybridized carbons (Fsp3) is 0.524. The number of carbonyl (C=O) groups is 2. The summed E-state index contributed by atoms with van der Waals surface area (Å²) in [7, 11) is 0. The molecular formula is C21H27N3O4. The number of primary amides is 1. The average molecular weight is 385 g/mol. The Kier molecular flexibility index (Phi) is 4.91. The number of ether oxygens (including phenoxy) is 2. The Morgan fingerprint density at radius 2 is 2.18 bits per heavy atom. The van der Waals surface area contributed by atoms with E-state index >= 15 is 0 Å². The molecule has 1 fully saturated rings. The van der Waals surface area contributed by atoms with E-state index in [0.717, 1.165) is 53.6 Å². The normalized spacial score (nSPS) is 21.4. The molecule has 3 heterocycles. The van der Waals surface area contributed by atoms with Gasteiger partial charge in [0, 0.05) is 36.4 Å². The summed E-state index contributed by atoms with van der Waals surface area (Å²) < 4.78 is 11.8. The molecule has 150 valence electrons. The molecular weight excluding hydrogens is 358 g/mol. The van der Waals surface area contributed by atoms with E-state index < -0.39 is 0 Å². The molecule has 4 rings (SSSR count). The molecule has 1 aromatic heterocycles. The van der Waals surface area contributed by atoms with Crippen LogP contribution in [0.1, 0.15) is 55.6 Å². The van der Waals surface area contributed by atoms with Crippen molar-refractivity contribution >= 4 is 22.7 Å². The molecule has 7 nitrogen and oxygen atoms in total. The highest BCUT2D eigenvalue weighted by molar-refractivity contribution is 6.02. The topological polar surface area (TPSA) is 97.7 Å². The number of aromatic amines is 1. The first-order chi connectivity index (χ1) is 13.5. The summed E-state index contributed by atoms with van der Waals surface area (Å²) >= 11 is 0. The number of nitrogens with zero attached hydrogens (tertiary/aromatic N) is 1. The van der Waals surface area contributed by atoms with E-state index in [2.05, 4.69) is 4.98 Å². The van der Waals surface area contributed by atoms with Gasteiger partial charge in [0.25, 0.3) is 5.91 Å². The van der Waals surface area contributed by atoms with Crippen LogP contribution in [-0.4, -0.2) is 47.0 Å². The molecule has 7 heteroatoms. The summed E-state index contributed by atoms with van der Waals surface area (Å²) in [5, 5.41) is 0.849. The van der Waals surface area contributed by atoms with Crippen molar-refractivity contribution in [3.63, 3.8) is 0 Å². The Hall–Kier alpha value is -2.70. The first-order valence-corrected chi connectivity index (χ1v) is 10.0. The van der Waals surface area contributed by atoms with Gasteiger partial charge in [0.1, 0.15) is 23.3 Å². The summed E-state index contributed by atoms with van der Waals surface area (Å²) in [6.07, 6.45) is 3.85. The second-order valence-electron chi connectivity index (χ2n) is 7.72. The lowest BCUT2D eigenvalue weighted by Crippen LogP contribution is -2.45. The number of rotatable bonds is 5. The third-order valence-corrected chi connectivity index (χ3v) is 5.59. The van der Waals surface area contributed by atoms with Crippen LogP contribution in [0.2, 0.25) is 0 Å². The van der Waals surface area contributed by atoms with Crippen LogP contribution >= 0.6 is 0 Å². The van der Waals surface area contributed by atoms with E-state index in [1.165, 1.54) is 0 Å². The van der Waals surface area contributed by atoms with Crippen molar-refractivity contribution in [3.05, 3.63) is 23.4 Å². The molecule has 0 aliphatic carbocycles. The quantitative estimate of drug-likeness (QED) is 0.827. The Morgan fingerprint density at radius 1 is 1.36 bits per heavy atom. The van der Waals surface area contributed by atoms with Crippen LogP contribution in [-0.2, 0) is 11.2 Å². The van der Waals surface area contributed by atoms with Crippen molar-refractivity contribution < 1.29 is 19.1 Å². The van der Waals surface area contributed by atoms with Crippen molar-refractivity contribution in [1.29, 1.82) is 0 Å². The highest BCUT2D eigenvalue weighted by Gasteiger charge is 2.31. The lowest BCUT2D eigenvalue weighted by atomic mass is 9.98. The minimum atomic E-state index is -0.375. The van der Waals surface area contributed by atoms with Crippen LogP contribution in [0.4, 0.5) is 0 Å². The summed E-state index contributed by atoms with van der Waals surface area (Å²) in [5.41, 5.74) is 7.78. The van der Waals surface area contributed by atoms with E-state index in [1.54, 1.807) is 4.90 Å². The largest absolute Gasteiger partial charge is 0.493 e. The number of carbonyl (C=O) groups excluding carboxylic acids is 2. The fourth-order valence-electron chi connectivity index (χ4n) is 4.39. The number of benzene rings is 1. The van der Waals surface area contributed by atoms with Crippen LogP contribution in [0.25, 0.3) is 10.9 Å². The third-order valence-electron chi connectivity index (χ3n) is 5.59. The highest BCUT2D eigenvalue weighted by atomic mass is 16.5. The smallest absolute Gasteiger partial charge is 0.270 e. The number of hydrogen-bond acceptors (Lipinski definition) is 4. The lowest BCUT2D eigenvalue weighted by molar-refractivity contribution is -0.119. The number of H-pyrrole nitrogens is 1. The van der Waals surface area contributed by atoms with Crippen molar-refractivity contribution in [2.75, 3.05) is 13.2 Å². The van der Waals surface area contributed by atoms with Crippen LogP contribution in [0.5, 0.6) is 11.5 Å². The maximum Gasteiger partial charge on any atom is 0.270 e. The van der Waals surface area contributed by atoms with E-state index in [1.807, 2.05) is 26.0 Å². The summed E-state index contributed by atoms with van der Waals surface area (Å²) in [6.45, 7) is 5.16. The van der Waals surface area contributed by atoms with Crippen LogP contribution in [0, 0.1) is 0 Å². The predicted molar refractivity (Wildman–Crippen MR) is 106 cm³/mol. The van der Waals surface area contributed by atoms with Gasteiger partial charge in [-0.3, -0.25) is 9.59 Å². The van der Waals surface area contributed by atoms with E-state index in [-0.39, 0.29) is 30.4 Å². The van der Waals surface area contributed by atoms with Crippen molar-refractivity contribution in [2.24, 2.45) is 5.73 Å². The molecule has 2 aliphatic heterocycles. The third kappa shape index (κ3) is 3.30. The molecule has 2 aliphatic rings. The SMILES string of the molecule is CCOc1cc2c(c3[nH]c(C(=O)N4CCCC[C@@H]4CC(N)=O)cc13)O[C@H](C)C2. The van der Waals surface area contributed by atoms with Crippen molar-refractivity contribution in [2.45, 2.75) is 58.1 Å². The number of nitrogens with one attached hydrogen (secondary N) is 1. The number of amides is 2. The zero-order valence-electron chi connectivity index (χ0n) is 16.4. The molecule has 2 aromatic rings. The average Bonchev–Trinajstić information content (AvgIpc) is 3.24. The van der Waals surface area contributed by atoms with Gasteiger partial charge in [-0.2, -0.15) is 0 Å². The van der Waals surface area contributed by atoms with Crippen LogP contribution in [0.15, 0.2) is 12.1 Å². The van der Waals surface area contributed by atoms with E-state index in [4.69, 9.17) is 15.2 Å². The van der Waals surface area contributed by atoms with Gasteiger partial charge < -0.3 is 25.1 Å². The lowest BCUT2D eigenvalue weighted by Gasteiger charge is -2.34. The van der Waals surface area contributed by atoms with Gasteiger partial charge >= 0.3 is 0 Å². The van der Waals surface area contributed by atoms with E-state index in [0.29, 0.717) is 18.8 Å². The molecule has 0 radical (unpaired) electrons. The standard InChI is InChI=1S/C21H27N3O4/c1-3-27-17-9-13-8-12(2)28-20(13)19-15(17)11-16(23-19)21(26)24-7-5-4-6-14(24)10-18(22)25/h9,11-12,14,23H,3-8,10H2,1-2H3,(H2,22,25)/t12-,14-/m1/s1. The summed E-state index contributed by atoms with van der Waals surface area (Å²) in [5.74, 6) is 1.08. The Bertz CT molecular complexity index is 920. The van der Waals surface area contributed by atoms with Gasteiger partial charge in [-0.25, -0.2) is 0 Å². The number of hydrogen-bond donors (Lipinski definition) is 2. The Morgan fingerprint density at radius 3 is 2.93 bits per heavy atom. The first kappa shape index (κ1) is 18.7. The second-order valence-corrected chi connectivity index (χ2v) is 7.72. The Balaban J connectivity index is 1.72. The van der Waals surface area contributed by atoms with Crippen molar-refractivity contribution in [1.82, 2.24) is 9.88 Å². The first-order valence-electron chi connectivity index (χ1n) is 10.0. The minimum absolute atomic E-state index is 0.0968. The molecule has 0 spiro atoms. The fourth-order valence-corrected chi connectivity index (χ4v) is 4.39. The number of fused-ring (bicyclic) bond motifs is 3. The van der Waals surface area contributed by atoms with Gasteiger partial charge in [0.05, 0.1) is 12.1 Å². The molecule has 1 saturated heterocycles. The minimum Gasteiger partial charge on any atom is -0.493 e. The molecule has 28 heavy (non-hydrogen) atoms. The van der Waals surface area contributed by atoms with Gasteiger partial charge in [-0.05, 0) is 45.2 Å². The molecule has 1 aromatic carbocycles. The van der Waals surface area contributed by atoms with E-state index in [9.17, 15) is 9.59 Å². The maximum atomic E-state index is 13.3. The van der Waals surface area contributed by atoms with Gasteiger partial charge in [0.2, 0.25) is 5.91 Å². The molecule has 0 saturated carbocycles. The second kappa shape index (κ2) is 7.37. The Labute approximate surface area is 164 Å². The zero-order chi connectivity index (χ0) is 19.8. The maximum absolute atomic E-state index is 13.3. The van der Waals surface area contributed by atoms with Crippen LogP contribution < -0.4 is 15.2 Å². The molecule has 0 bridgehead atoms. The summed E-state index contributed by atoms with van der Waals surface area (Å²) in [4.78, 5) is 29.7. The highest BCUT2D eigenvalue weighted by Crippen LogP contribution is 2.41. The predicted octanol–water partition coefficient (Wildman–Crippen LogP) is 2.76. The van der Waals surface area contributed by atoms with Gasteiger partial charge in [-0.1, -0.05) is 0 Å². The van der Waals surface area contributed by atoms with Gasteiger partial charge in [0.15, 0.2) is 0 Å². The zero-order valence-corrected chi connectivity index (χ0v) is 16.4. The molecule has 3 N–H and O–H groups in total. The monoisotopic (exact) mass is 385 g/mol. The molecule has 2 atom stereocenters. The number of aromatic nitrogens is 1.